The van der Waals surface area contributed by atoms with Gasteiger partial charge in [0.15, 0.2) is 0 Å². The first-order valence-electron chi connectivity index (χ1n) is 7.90. The van der Waals surface area contributed by atoms with Gasteiger partial charge in [-0.3, -0.25) is 14.4 Å². The van der Waals surface area contributed by atoms with Crippen molar-refractivity contribution in [2.24, 2.45) is 0 Å². The minimum atomic E-state index is -0.0694. The van der Waals surface area contributed by atoms with E-state index in [4.69, 9.17) is 0 Å². The third kappa shape index (κ3) is 3.73. The Hall–Kier alpha value is -2.28. The van der Waals surface area contributed by atoms with Crippen LogP contribution in [-0.4, -0.2) is 44.1 Å². The van der Waals surface area contributed by atoms with E-state index < -0.39 is 0 Å². The number of amides is 1. The van der Waals surface area contributed by atoms with E-state index in [1.165, 1.54) is 6.42 Å². The fraction of sp³-hybridized carbons (Fsp3) is 0.500. The second-order valence-corrected chi connectivity index (χ2v) is 5.95. The molecule has 0 spiro atoms. The second kappa shape index (κ2) is 6.87. The third-order valence-corrected chi connectivity index (χ3v) is 4.20. The van der Waals surface area contributed by atoms with Crippen molar-refractivity contribution in [2.75, 3.05) is 13.6 Å². The predicted octanol–water partition coefficient (Wildman–Crippen LogP) is 1.06. The summed E-state index contributed by atoms with van der Waals surface area (Å²) < 4.78 is 1.60. The molecule has 1 unspecified atom stereocenters. The van der Waals surface area contributed by atoms with Crippen LogP contribution in [0.5, 0.6) is 0 Å². The largest absolute Gasteiger partial charge is 0.350 e. The molecule has 0 bridgehead atoms. The third-order valence-electron chi connectivity index (χ3n) is 4.20. The first-order chi connectivity index (χ1) is 11.1. The Labute approximate surface area is 135 Å². The molecule has 3 heterocycles. The van der Waals surface area contributed by atoms with Crippen LogP contribution >= 0.6 is 0 Å². The van der Waals surface area contributed by atoms with E-state index in [1.807, 2.05) is 13.1 Å². The fourth-order valence-corrected chi connectivity index (χ4v) is 2.98. The minimum absolute atomic E-state index is 0.0694. The highest BCUT2D eigenvalue weighted by molar-refractivity contribution is 5.75. The van der Waals surface area contributed by atoms with E-state index in [0.29, 0.717) is 12.6 Å². The van der Waals surface area contributed by atoms with Gasteiger partial charge in [-0.15, -0.1) is 0 Å². The van der Waals surface area contributed by atoms with Gasteiger partial charge in [-0.1, -0.05) is 0 Å². The van der Waals surface area contributed by atoms with E-state index in [-0.39, 0.29) is 12.5 Å². The predicted molar refractivity (Wildman–Crippen MR) is 85.4 cm³/mol. The molecule has 0 saturated carbocycles. The summed E-state index contributed by atoms with van der Waals surface area (Å²) in [6.07, 6.45) is 7.54. The fourth-order valence-electron chi connectivity index (χ4n) is 2.98. The van der Waals surface area contributed by atoms with Crippen LogP contribution in [0.15, 0.2) is 24.7 Å². The number of likely N-dealkylation sites (tertiary alicyclic amines) is 1. The van der Waals surface area contributed by atoms with Crippen molar-refractivity contribution in [1.29, 1.82) is 0 Å². The number of aromatic nitrogens is 4. The zero-order valence-corrected chi connectivity index (χ0v) is 13.6. The van der Waals surface area contributed by atoms with Gasteiger partial charge in [-0.05, 0) is 39.4 Å². The van der Waals surface area contributed by atoms with Crippen molar-refractivity contribution in [3.05, 3.63) is 41.7 Å². The van der Waals surface area contributed by atoms with Crippen LogP contribution in [0, 0.1) is 6.92 Å². The van der Waals surface area contributed by atoms with Crippen molar-refractivity contribution in [3.8, 4) is 0 Å². The van der Waals surface area contributed by atoms with Crippen molar-refractivity contribution in [2.45, 2.75) is 38.9 Å². The molecule has 1 aliphatic rings. The van der Waals surface area contributed by atoms with Crippen molar-refractivity contribution >= 4 is 5.91 Å². The monoisotopic (exact) mass is 314 g/mol. The number of hydrogen-bond acceptors (Lipinski definition) is 5. The molecular formula is C16H22N6O. The normalized spacial score (nSPS) is 18.3. The lowest BCUT2D eigenvalue weighted by Crippen LogP contribution is -2.29. The number of rotatable bonds is 5. The second-order valence-electron chi connectivity index (χ2n) is 5.95. The number of nitrogens with zero attached hydrogens (tertiary/aromatic N) is 5. The van der Waals surface area contributed by atoms with Crippen LogP contribution in [-0.2, 0) is 17.9 Å². The highest BCUT2D eigenvalue weighted by atomic mass is 16.2. The quantitative estimate of drug-likeness (QED) is 0.893. The lowest BCUT2D eigenvalue weighted by Gasteiger charge is -2.21. The Balaban J connectivity index is 1.68. The van der Waals surface area contributed by atoms with E-state index in [0.717, 1.165) is 30.0 Å². The summed E-state index contributed by atoms with van der Waals surface area (Å²) in [5.41, 5.74) is 2.03. The Morgan fingerprint density at radius 2 is 2.35 bits per heavy atom. The average molecular weight is 314 g/mol. The molecular weight excluding hydrogens is 292 g/mol. The first kappa shape index (κ1) is 15.6. The van der Waals surface area contributed by atoms with Gasteiger partial charge in [0.05, 0.1) is 11.7 Å². The summed E-state index contributed by atoms with van der Waals surface area (Å²) in [7, 11) is 2.12. The van der Waals surface area contributed by atoms with Crippen LogP contribution in [0.3, 0.4) is 0 Å². The molecule has 1 saturated heterocycles. The molecule has 7 nitrogen and oxygen atoms in total. The van der Waals surface area contributed by atoms with E-state index in [1.54, 1.807) is 23.1 Å². The lowest BCUT2D eigenvalue weighted by atomic mass is 10.1. The van der Waals surface area contributed by atoms with Crippen molar-refractivity contribution < 1.29 is 4.79 Å². The molecule has 0 aromatic carbocycles. The van der Waals surface area contributed by atoms with Crippen molar-refractivity contribution in [3.63, 3.8) is 0 Å². The summed E-state index contributed by atoms with van der Waals surface area (Å²) in [5, 5.41) is 6.97. The van der Waals surface area contributed by atoms with E-state index >= 15 is 0 Å². The summed E-state index contributed by atoms with van der Waals surface area (Å²) in [4.78, 5) is 23.3. The minimum Gasteiger partial charge on any atom is -0.350 e. The SMILES string of the molecule is Cc1ncc(CNC(=O)Cn2cccn2)c(C2CCCN2C)n1. The van der Waals surface area contributed by atoms with Gasteiger partial charge in [-0.25, -0.2) is 9.97 Å². The number of hydrogen-bond donors (Lipinski definition) is 1. The first-order valence-corrected chi connectivity index (χ1v) is 7.90. The van der Waals surface area contributed by atoms with Gasteiger partial charge in [0, 0.05) is 30.7 Å². The molecule has 2 aromatic heterocycles. The highest BCUT2D eigenvalue weighted by Gasteiger charge is 2.26. The maximum atomic E-state index is 12.0. The maximum Gasteiger partial charge on any atom is 0.241 e. The van der Waals surface area contributed by atoms with Crippen molar-refractivity contribution in [1.82, 2.24) is 30.0 Å². The molecule has 3 rings (SSSR count). The molecule has 0 aliphatic carbocycles. The summed E-state index contributed by atoms with van der Waals surface area (Å²) >= 11 is 0. The van der Waals surface area contributed by atoms with Gasteiger partial charge >= 0.3 is 0 Å². The molecule has 2 aromatic rings. The van der Waals surface area contributed by atoms with Crippen LogP contribution in [0.4, 0.5) is 0 Å². The van der Waals surface area contributed by atoms with Gasteiger partial charge in [0.1, 0.15) is 12.4 Å². The number of carbonyl (C=O) groups excluding carboxylic acids is 1. The zero-order valence-electron chi connectivity index (χ0n) is 13.6. The van der Waals surface area contributed by atoms with E-state index in [9.17, 15) is 4.79 Å². The van der Waals surface area contributed by atoms with Crippen LogP contribution in [0.1, 0.15) is 36.0 Å². The summed E-state index contributed by atoms with van der Waals surface area (Å²) in [6.45, 7) is 3.65. The molecule has 7 heteroatoms. The Morgan fingerprint density at radius 3 is 3.04 bits per heavy atom. The number of carbonyl (C=O) groups is 1. The van der Waals surface area contributed by atoms with Crippen LogP contribution < -0.4 is 5.32 Å². The lowest BCUT2D eigenvalue weighted by molar-refractivity contribution is -0.122. The van der Waals surface area contributed by atoms with Gasteiger partial charge in [0.2, 0.25) is 5.91 Å². The molecule has 1 atom stereocenters. The van der Waals surface area contributed by atoms with Crippen LogP contribution in [0.2, 0.25) is 0 Å². The molecule has 122 valence electrons. The Morgan fingerprint density at radius 1 is 1.48 bits per heavy atom. The van der Waals surface area contributed by atoms with Gasteiger partial charge in [0.25, 0.3) is 0 Å². The van der Waals surface area contributed by atoms with Gasteiger partial charge in [-0.2, -0.15) is 5.10 Å². The molecule has 1 N–H and O–H groups in total. The zero-order chi connectivity index (χ0) is 16.2. The smallest absolute Gasteiger partial charge is 0.241 e. The topological polar surface area (TPSA) is 75.9 Å². The standard InChI is InChI=1S/C16H22N6O/c1-12-17-9-13(16(20-12)14-5-3-7-21(14)2)10-18-15(23)11-22-8-4-6-19-22/h4,6,8-9,14H,3,5,7,10-11H2,1-2H3,(H,18,23). The highest BCUT2D eigenvalue weighted by Crippen LogP contribution is 2.30. The Bertz CT molecular complexity index is 669. The molecule has 1 amide bonds. The Kier molecular flexibility index (Phi) is 4.66. The molecule has 23 heavy (non-hydrogen) atoms. The molecule has 1 aliphatic heterocycles. The van der Waals surface area contributed by atoms with E-state index in [2.05, 4.69) is 32.3 Å². The average Bonchev–Trinajstić information content (AvgIpc) is 3.17. The number of aryl methyl sites for hydroxylation is 1. The van der Waals surface area contributed by atoms with Gasteiger partial charge < -0.3 is 5.32 Å². The maximum absolute atomic E-state index is 12.0. The number of nitrogens with one attached hydrogen (secondary N) is 1. The summed E-state index contributed by atoms with van der Waals surface area (Å²) in [5.74, 6) is 0.701. The summed E-state index contributed by atoms with van der Waals surface area (Å²) in [6, 6.07) is 2.12. The van der Waals surface area contributed by atoms with Crippen LogP contribution in [0.25, 0.3) is 0 Å². The molecule has 1 fully saturated rings. The molecule has 0 radical (unpaired) electrons.